The van der Waals surface area contributed by atoms with Crippen molar-refractivity contribution in [3.05, 3.63) is 23.8 Å². The van der Waals surface area contributed by atoms with Crippen molar-refractivity contribution in [3.8, 4) is 5.75 Å². The largest absolute Gasteiger partial charge is 0.496 e. The number of anilines is 1. The van der Waals surface area contributed by atoms with Gasteiger partial charge in [-0.15, -0.1) is 0 Å². The minimum Gasteiger partial charge on any atom is -0.496 e. The van der Waals surface area contributed by atoms with Crippen molar-refractivity contribution < 1.29 is 14.6 Å². The van der Waals surface area contributed by atoms with Crippen molar-refractivity contribution in [1.29, 1.82) is 0 Å². The van der Waals surface area contributed by atoms with Crippen LogP contribution in [0.25, 0.3) is 0 Å². The smallest absolute Gasteiger partial charge is 0.255 e. The average Bonchev–Trinajstić information content (AvgIpc) is 2.25. The Morgan fingerprint density at radius 1 is 1.62 bits per heavy atom. The third kappa shape index (κ3) is 3.13. The fourth-order valence-electron chi connectivity index (χ4n) is 1.23. The molecule has 1 rings (SSSR count). The number of rotatable bonds is 4. The molecule has 0 radical (unpaired) electrons. The Labute approximate surface area is 94.2 Å². The molecule has 1 aromatic carbocycles. The van der Waals surface area contributed by atoms with Gasteiger partial charge in [0.05, 0.1) is 18.8 Å². The summed E-state index contributed by atoms with van der Waals surface area (Å²) in [6.45, 7) is 1.80. The molecule has 88 valence electrons. The van der Waals surface area contributed by atoms with Crippen LogP contribution < -0.4 is 15.8 Å². The fourth-order valence-corrected chi connectivity index (χ4v) is 1.23. The highest BCUT2D eigenvalue weighted by molar-refractivity contribution is 5.97. The Bertz CT molecular complexity index is 377. The molecule has 0 heterocycles. The number of hydrogen-bond acceptors (Lipinski definition) is 4. The highest BCUT2D eigenvalue weighted by atomic mass is 16.5. The van der Waals surface area contributed by atoms with E-state index in [9.17, 15) is 4.79 Å². The van der Waals surface area contributed by atoms with Crippen LogP contribution in [0.2, 0.25) is 0 Å². The van der Waals surface area contributed by atoms with E-state index in [1.807, 2.05) is 0 Å². The van der Waals surface area contributed by atoms with Crippen molar-refractivity contribution in [2.24, 2.45) is 0 Å². The van der Waals surface area contributed by atoms with Gasteiger partial charge in [0, 0.05) is 18.3 Å². The number of aliphatic hydroxyl groups is 1. The molecule has 0 aliphatic heterocycles. The predicted molar refractivity (Wildman–Crippen MR) is 61.4 cm³/mol. The number of carbonyl (C=O) groups excluding carboxylic acids is 1. The van der Waals surface area contributed by atoms with E-state index in [-0.39, 0.29) is 12.5 Å². The number of nitrogens with one attached hydrogen (secondary N) is 1. The minimum atomic E-state index is -0.580. The number of methoxy groups -OCH3 is 1. The molecule has 1 amide bonds. The van der Waals surface area contributed by atoms with Gasteiger partial charge in [0.1, 0.15) is 5.75 Å². The van der Waals surface area contributed by atoms with Crippen molar-refractivity contribution in [3.63, 3.8) is 0 Å². The number of aliphatic hydroxyl groups excluding tert-OH is 1. The number of benzene rings is 1. The maximum atomic E-state index is 11.7. The number of amides is 1. The van der Waals surface area contributed by atoms with Gasteiger partial charge in [-0.05, 0) is 19.1 Å². The maximum absolute atomic E-state index is 11.7. The summed E-state index contributed by atoms with van der Waals surface area (Å²) in [7, 11) is 1.47. The second kappa shape index (κ2) is 5.37. The average molecular weight is 224 g/mol. The topological polar surface area (TPSA) is 84.6 Å². The third-order valence-corrected chi connectivity index (χ3v) is 2.03. The molecule has 0 bridgehead atoms. The normalized spacial score (nSPS) is 11.9. The van der Waals surface area contributed by atoms with Gasteiger partial charge in [0.2, 0.25) is 0 Å². The van der Waals surface area contributed by atoms with Crippen LogP contribution in [0.1, 0.15) is 17.3 Å². The zero-order valence-electron chi connectivity index (χ0n) is 9.36. The van der Waals surface area contributed by atoms with E-state index < -0.39 is 6.10 Å². The SMILES string of the molecule is COc1cc(N)ccc1C(=O)NC[C@H](C)O. The lowest BCUT2D eigenvalue weighted by molar-refractivity contribution is 0.0921. The zero-order valence-corrected chi connectivity index (χ0v) is 9.36. The molecule has 1 aromatic rings. The zero-order chi connectivity index (χ0) is 12.1. The number of ether oxygens (including phenoxy) is 1. The third-order valence-electron chi connectivity index (χ3n) is 2.03. The Morgan fingerprint density at radius 3 is 2.88 bits per heavy atom. The van der Waals surface area contributed by atoms with Crippen LogP contribution in [0.4, 0.5) is 5.69 Å². The van der Waals surface area contributed by atoms with E-state index >= 15 is 0 Å². The van der Waals surface area contributed by atoms with E-state index in [0.29, 0.717) is 17.0 Å². The standard InChI is InChI=1S/C11H16N2O3/c1-7(14)6-13-11(15)9-4-3-8(12)5-10(9)16-2/h3-5,7,14H,6,12H2,1-2H3,(H,13,15)/t7-/m0/s1. The molecule has 1 atom stereocenters. The summed E-state index contributed by atoms with van der Waals surface area (Å²) in [5.41, 5.74) is 6.51. The van der Waals surface area contributed by atoms with Crippen LogP contribution in [-0.4, -0.2) is 30.8 Å². The highest BCUT2D eigenvalue weighted by Crippen LogP contribution is 2.21. The molecule has 0 unspecified atom stereocenters. The van der Waals surface area contributed by atoms with Gasteiger partial charge < -0.3 is 20.9 Å². The Kier molecular flexibility index (Phi) is 4.13. The molecule has 5 nitrogen and oxygen atoms in total. The van der Waals surface area contributed by atoms with Crippen molar-refractivity contribution >= 4 is 11.6 Å². The lowest BCUT2D eigenvalue weighted by Gasteiger charge is -2.10. The van der Waals surface area contributed by atoms with Crippen molar-refractivity contribution in [2.75, 3.05) is 19.4 Å². The van der Waals surface area contributed by atoms with Gasteiger partial charge in [-0.3, -0.25) is 4.79 Å². The second-order valence-electron chi connectivity index (χ2n) is 3.52. The van der Waals surface area contributed by atoms with Crippen molar-refractivity contribution in [1.82, 2.24) is 5.32 Å². The lowest BCUT2D eigenvalue weighted by atomic mass is 10.1. The molecule has 0 aromatic heterocycles. The minimum absolute atomic E-state index is 0.201. The number of carbonyl (C=O) groups is 1. The van der Waals surface area contributed by atoms with E-state index in [1.54, 1.807) is 25.1 Å². The summed E-state index contributed by atoms with van der Waals surface area (Å²) in [6.07, 6.45) is -0.580. The molecular formula is C11H16N2O3. The molecule has 0 saturated carbocycles. The molecule has 0 aliphatic rings. The van der Waals surface area contributed by atoms with Gasteiger partial charge in [-0.1, -0.05) is 0 Å². The predicted octanol–water partition coefficient (Wildman–Crippen LogP) is 0.388. The number of nitrogens with two attached hydrogens (primary N) is 1. The summed E-state index contributed by atoms with van der Waals surface area (Å²) in [4.78, 5) is 11.7. The monoisotopic (exact) mass is 224 g/mol. The molecule has 0 saturated heterocycles. The molecule has 0 aliphatic carbocycles. The van der Waals surface area contributed by atoms with Gasteiger partial charge in [-0.2, -0.15) is 0 Å². The first-order chi connectivity index (χ1) is 7.54. The van der Waals surface area contributed by atoms with Crippen LogP contribution in [0.5, 0.6) is 5.75 Å². The van der Waals surface area contributed by atoms with E-state index in [4.69, 9.17) is 15.6 Å². The lowest BCUT2D eigenvalue weighted by Crippen LogP contribution is -2.30. The quantitative estimate of drug-likeness (QED) is 0.646. The summed E-state index contributed by atoms with van der Waals surface area (Å²) < 4.78 is 5.05. The first-order valence-corrected chi connectivity index (χ1v) is 4.94. The molecule has 0 fully saturated rings. The second-order valence-corrected chi connectivity index (χ2v) is 3.52. The van der Waals surface area contributed by atoms with Crippen molar-refractivity contribution in [2.45, 2.75) is 13.0 Å². The van der Waals surface area contributed by atoms with Gasteiger partial charge >= 0.3 is 0 Å². The summed E-state index contributed by atoms with van der Waals surface area (Å²) >= 11 is 0. The van der Waals surface area contributed by atoms with E-state index in [2.05, 4.69) is 5.32 Å². The van der Waals surface area contributed by atoms with Gasteiger partial charge in [-0.25, -0.2) is 0 Å². The first kappa shape index (κ1) is 12.3. The Balaban J connectivity index is 2.82. The Morgan fingerprint density at radius 2 is 2.31 bits per heavy atom. The van der Waals surface area contributed by atoms with Crippen LogP contribution in [-0.2, 0) is 0 Å². The molecule has 4 N–H and O–H groups in total. The first-order valence-electron chi connectivity index (χ1n) is 4.94. The van der Waals surface area contributed by atoms with E-state index in [1.165, 1.54) is 7.11 Å². The van der Waals surface area contributed by atoms with Crippen LogP contribution in [0, 0.1) is 0 Å². The summed E-state index contributed by atoms with van der Waals surface area (Å²) in [5.74, 6) is 0.126. The molecular weight excluding hydrogens is 208 g/mol. The molecule has 5 heteroatoms. The molecule has 16 heavy (non-hydrogen) atoms. The Hall–Kier alpha value is -1.75. The molecule has 0 spiro atoms. The summed E-state index contributed by atoms with van der Waals surface area (Å²) in [6, 6.07) is 4.79. The van der Waals surface area contributed by atoms with E-state index in [0.717, 1.165) is 0 Å². The maximum Gasteiger partial charge on any atom is 0.255 e. The van der Waals surface area contributed by atoms with Crippen LogP contribution in [0.15, 0.2) is 18.2 Å². The van der Waals surface area contributed by atoms with Crippen LogP contribution in [0.3, 0.4) is 0 Å². The summed E-state index contributed by atoms with van der Waals surface area (Å²) in [5, 5.41) is 11.6. The van der Waals surface area contributed by atoms with Gasteiger partial charge in [0.15, 0.2) is 0 Å². The fraction of sp³-hybridized carbons (Fsp3) is 0.364. The number of nitrogen functional groups attached to an aromatic ring is 1. The van der Waals surface area contributed by atoms with Gasteiger partial charge in [0.25, 0.3) is 5.91 Å². The van der Waals surface area contributed by atoms with Crippen LogP contribution >= 0.6 is 0 Å². The highest BCUT2D eigenvalue weighted by Gasteiger charge is 2.12. The number of hydrogen-bond donors (Lipinski definition) is 3.